The SMILES string of the molecule is CC(NCCC(=O)c1ccc(Oc2ccccc2)cc1)c1ccccc1. The Bertz CT molecular complexity index is 814. The van der Waals surface area contributed by atoms with Gasteiger partial charge in [-0.2, -0.15) is 0 Å². The molecule has 0 amide bonds. The smallest absolute Gasteiger partial charge is 0.164 e. The van der Waals surface area contributed by atoms with Gasteiger partial charge in [-0.1, -0.05) is 48.5 Å². The number of rotatable bonds is 8. The Balaban J connectivity index is 1.49. The van der Waals surface area contributed by atoms with Crippen molar-refractivity contribution in [1.82, 2.24) is 5.32 Å². The molecule has 0 aliphatic rings. The Morgan fingerprint density at radius 3 is 2.08 bits per heavy atom. The average molecular weight is 345 g/mol. The van der Waals surface area contributed by atoms with Gasteiger partial charge < -0.3 is 10.1 Å². The lowest BCUT2D eigenvalue weighted by Crippen LogP contribution is -2.22. The fourth-order valence-corrected chi connectivity index (χ4v) is 2.74. The minimum absolute atomic E-state index is 0.129. The molecule has 0 bridgehead atoms. The molecule has 0 aliphatic carbocycles. The monoisotopic (exact) mass is 345 g/mol. The van der Waals surface area contributed by atoms with Gasteiger partial charge >= 0.3 is 0 Å². The second-order valence-corrected chi connectivity index (χ2v) is 6.20. The van der Waals surface area contributed by atoms with Gasteiger partial charge in [0.2, 0.25) is 0 Å². The van der Waals surface area contributed by atoms with Crippen LogP contribution in [-0.4, -0.2) is 12.3 Å². The summed E-state index contributed by atoms with van der Waals surface area (Å²) in [6.45, 7) is 2.76. The van der Waals surface area contributed by atoms with Crippen LogP contribution in [-0.2, 0) is 0 Å². The van der Waals surface area contributed by atoms with Crippen LogP contribution in [0.15, 0.2) is 84.9 Å². The Morgan fingerprint density at radius 2 is 1.42 bits per heavy atom. The molecule has 132 valence electrons. The summed E-state index contributed by atoms with van der Waals surface area (Å²) in [5.41, 5.74) is 1.93. The van der Waals surface area contributed by atoms with Gasteiger partial charge in [0.1, 0.15) is 11.5 Å². The van der Waals surface area contributed by atoms with Crippen molar-refractivity contribution in [3.63, 3.8) is 0 Å². The van der Waals surface area contributed by atoms with Gasteiger partial charge in [-0.15, -0.1) is 0 Å². The largest absolute Gasteiger partial charge is 0.457 e. The van der Waals surface area contributed by atoms with E-state index >= 15 is 0 Å². The van der Waals surface area contributed by atoms with E-state index in [9.17, 15) is 4.79 Å². The summed E-state index contributed by atoms with van der Waals surface area (Å²) in [7, 11) is 0. The first-order chi connectivity index (χ1) is 12.7. The highest BCUT2D eigenvalue weighted by Crippen LogP contribution is 2.21. The summed E-state index contributed by atoms with van der Waals surface area (Å²) < 4.78 is 5.75. The van der Waals surface area contributed by atoms with Gasteiger partial charge in [-0.25, -0.2) is 0 Å². The molecule has 0 saturated carbocycles. The molecule has 0 saturated heterocycles. The summed E-state index contributed by atoms with van der Waals surface area (Å²) in [5.74, 6) is 1.64. The maximum atomic E-state index is 12.4. The van der Waals surface area contributed by atoms with Crippen molar-refractivity contribution in [2.45, 2.75) is 19.4 Å². The zero-order chi connectivity index (χ0) is 18.2. The van der Waals surface area contributed by atoms with Gasteiger partial charge in [0.15, 0.2) is 5.78 Å². The van der Waals surface area contributed by atoms with Crippen LogP contribution in [0, 0.1) is 0 Å². The summed E-state index contributed by atoms with van der Waals surface area (Å²) in [6, 6.07) is 27.4. The lowest BCUT2D eigenvalue weighted by Gasteiger charge is -2.13. The standard InChI is InChI=1S/C23H23NO2/c1-18(19-8-4-2-5-9-19)24-17-16-23(25)20-12-14-22(15-13-20)26-21-10-6-3-7-11-21/h2-15,18,24H,16-17H2,1H3. The van der Waals surface area contributed by atoms with E-state index in [1.165, 1.54) is 5.56 Å². The highest BCUT2D eigenvalue weighted by atomic mass is 16.5. The molecular formula is C23H23NO2. The Labute approximate surface area is 154 Å². The summed E-state index contributed by atoms with van der Waals surface area (Å²) >= 11 is 0. The van der Waals surface area contributed by atoms with Crippen LogP contribution in [0.2, 0.25) is 0 Å². The highest BCUT2D eigenvalue weighted by molar-refractivity contribution is 5.96. The number of para-hydroxylation sites is 1. The molecule has 0 aromatic heterocycles. The van der Waals surface area contributed by atoms with Gasteiger partial charge in [0.05, 0.1) is 0 Å². The molecule has 0 spiro atoms. The second kappa shape index (κ2) is 8.97. The Hall–Kier alpha value is -2.91. The molecule has 0 aliphatic heterocycles. The molecule has 3 nitrogen and oxygen atoms in total. The number of benzene rings is 3. The van der Waals surface area contributed by atoms with E-state index in [-0.39, 0.29) is 11.8 Å². The molecule has 3 aromatic rings. The number of Topliss-reactive ketones (excluding diaryl/α,β-unsaturated/α-hetero) is 1. The van der Waals surface area contributed by atoms with Crippen LogP contribution < -0.4 is 10.1 Å². The molecule has 3 aromatic carbocycles. The zero-order valence-electron chi connectivity index (χ0n) is 14.9. The molecule has 1 unspecified atom stereocenters. The molecule has 3 rings (SSSR count). The molecule has 3 heteroatoms. The van der Waals surface area contributed by atoms with E-state index in [1.807, 2.05) is 72.8 Å². The zero-order valence-corrected chi connectivity index (χ0v) is 14.9. The number of carbonyl (C=O) groups is 1. The van der Waals surface area contributed by atoms with Crippen molar-refractivity contribution >= 4 is 5.78 Å². The number of hydrogen-bond acceptors (Lipinski definition) is 3. The van der Waals surface area contributed by atoms with E-state index in [0.29, 0.717) is 18.5 Å². The lowest BCUT2D eigenvalue weighted by molar-refractivity contribution is 0.0982. The van der Waals surface area contributed by atoms with Gasteiger partial charge in [0, 0.05) is 24.6 Å². The first-order valence-electron chi connectivity index (χ1n) is 8.87. The maximum Gasteiger partial charge on any atom is 0.164 e. The summed E-state index contributed by atoms with van der Waals surface area (Å²) in [4.78, 5) is 12.4. The minimum Gasteiger partial charge on any atom is -0.457 e. The van der Waals surface area contributed by atoms with Crippen molar-refractivity contribution in [2.75, 3.05) is 6.54 Å². The van der Waals surface area contributed by atoms with Gasteiger partial charge in [-0.3, -0.25) is 4.79 Å². The molecular weight excluding hydrogens is 322 g/mol. The number of ether oxygens (including phenoxy) is 1. The second-order valence-electron chi connectivity index (χ2n) is 6.20. The van der Waals surface area contributed by atoms with Crippen molar-refractivity contribution in [3.8, 4) is 11.5 Å². The molecule has 0 radical (unpaired) electrons. The molecule has 0 heterocycles. The molecule has 1 N–H and O–H groups in total. The number of ketones is 1. The van der Waals surface area contributed by atoms with Crippen molar-refractivity contribution in [2.24, 2.45) is 0 Å². The third-order valence-electron chi connectivity index (χ3n) is 4.26. The fraction of sp³-hybridized carbons (Fsp3) is 0.174. The molecule has 1 atom stereocenters. The van der Waals surface area contributed by atoms with Gasteiger partial charge in [-0.05, 0) is 48.9 Å². The number of hydrogen-bond donors (Lipinski definition) is 1. The van der Waals surface area contributed by atoms with Gasteiger partial charge in [0.25, 0.3) is 0 Å². The van der Waals surface area contributed by atoms with Crippen LogP contribution >= 0.6 is 0 Å². The van der Waals surface area contributed by atoms with Crippen LogP contribution in [0.4, 0.5) is 0 Å². The number of nitrogens with one attached hydrogen (secondary N) is 1. The quantitative estimate of drug-likeness (QED) is 0.555. The maximum absolute atomic E-state index is 12.4. The summed E-state index contributed by atoms with van der Waals surface area (Å²) in [5, 5.41) is 3.40. The third-order valence-corrected chi connectivity index (χ3v) is 4.26. The van der Waals surface area contributed by atoms with Crippen LogP contribution in [0.5, 0.6) is 11.5 Å². The summed E-state index contributed by atoms with van der Waals surface area (Å²) in [6.07, 6.45) is 0.468. The lowest BCUT2D eigenvalue weighted by atomic mass is 10.1. The predicted octanol–water partition coefficient (Wildman–Crippen LogP) is 5.40. The van der Waals surface area contributed by atoms with Crippen molar-refractivity contribution in [1.29, 1.82) is 0 Å². The third kappa shape index (κ3) is 5.04. The predicted molar refractivity (Wildman–Crippen MR) is 105 cm³/mol. The topological polar surface area (TPSA) is 38.3 Å². The Kier molecular flexibility index (Phi) is 6.18. The first kappa shape index (κ1) is 17.9. The highest BCUT2D eigenvalue weighted by Gasteiger charge is 2.08. The fourth-order valence-electron chi connectivity index (χ4n) is 2.74. The van der Waals surface area contributed by atoms with E-state index in [0.717, 1.165) is 11.5 Å². The van der Waals surface area contributed by atoms with E-state index in [1.54, 1.807) is 0 Å². The van der Waals surface area contributed by atoms with Crippen molar-refractivity contribution in [3.05, 3.63) is 96.1 Å². The van der Waals surface area contributed by atoms with Crippen LogP contribution in [0.25, 0.3) is 0 Å². The number of carbonyl (C=O) groups excluding carboxylic acids is 1. The van der Waals surface area contributed by atoms with E-state index < -0.39 is 0 Å². The average Bonchev–Trinajstić information content (AvgIpc) is 2.70. The van der Waals surface area contributed by atoms with Crippen molar-refractivity contribution < 1.29 is 9.53 Å². The van der Waals surface area contributed by atoms with E-state index in [2.05, 4.69) is 24.4 Å². The van der Waals surface area contributed by atoms with E-state index in [4.69, 9.17) is 4.74 Å². The molecule has 0 fully saturated rings. The molecule has 26 heavy (non-hydrogen) atoms. The van der Waals surface area contributed by atoms with Crippen LogP contribution in [0.3, 0.4) is 0 Å². The first-order valence-corrected chi connectivity index (χ1v) is 8.87. The Morgan fingerprint density at radius 1 is 0.846 bits per heavy atom. The van der Waals surface area contributed by atoms with Crippen LogP contribution in [0.1, 0.15) is 35.3 Å². The normalized spacial score (nSPS) is 11.7. The minimum atomic E-state index is 0.129.